The predicted molar refractivity (Wildman–Crippen MR) is 145 cm³/mol. The van der Waals surface area contributed by atoms with Gasteiger partial charge in [0.05, 0.1) is 53.3 Å². The zero-order valence-corrected chi connectivity index (χ0v) is 22.5. The number of amides is 1. The van der Waals surface area contributed by atoms with E-state index in [-0.39, 0.29) is 0 Å². The third-order valence-corrected chi connectivity index (χ3v) is 6.90. The molecule has 38 heavy (non-hydrogen) atoms. The maximum absolute atomic E-state index is 11.1. The van der Waals surface area contributed by atoms with Gasteiger partial charge in [0.1, 0.15) is 11.8 Å². The van der Waals surface area contributed by atoms with Crippen LogP contribution in [-0.4, -0.2) is 79.5 Å². The molecule has 2 heterocycles. The van der Waals surface area contributed by atoms with Gasteiger partial charge in [0.25, 0.3) is 0 Å². The van der Waals surface area contributed by atoms with Gasteiger partial charge in [-0.2, -0.15) is 5.26 Å². The van der Waals surface area contributed by atoms with Crippen LogP contribution in [0.4, 0.5) is 16.2 Å². The van der Waals surface area contributed by atoms with Gasteiger partial charge in [0.15, 0.2) is 11.5 Å². The van der Waals surface area contributed by atoms with Crippen molar-refractivity contribution in [2.24, 2.45) is 0 Å². The number of hydrogen-bond donors (Lipinski definition) is 2. The summed E-state index contributed by atoms with van der Waals surface area (Å²) in [5.74, 6) is 1.46. The maximum atomic E-state index is 11.1. The van der Waals surface area contributed by atoms with E-state index in [1.807, 2.05) is 0 Å². The van der Waals surface area contributed by atoms with Crippen LogP contribution in [0, 0.1) is 11.3 Å². The molecule has 0 saturated carbocycles. The van der Waals surface area contributed by atoms with Crippen LogP contribution < -0.4 is 19.5 Å². The number of nitriles is 1. The summed E-state index contributed by atoms with van der Waals surface area (Å²) in [5.41, 5.74) is 1.94. The quantitative estimate of drug-likeness (QED) is 0.339. The average molecular weight is 560 g/mol. The molecular weight excluding hydrogens is 533 g/mol. The summed E-state index contributed by atoms with van der Waals surface area (Å²) in [4.78, 5) is 19.2. The van der Waals surface area contributed by atoms with Gasteiger partial charge in [0.2, 0.25) is 0 Å². The van der Waals surface area contributed by atoms with E-state index in [1.54, 1.807) is 31.4 Å². The van der Waals surface area contributed by atoms with E-state index < -0.39 is 6.09 Å². The highest BCUT2D eigenvalue weighted by molar-refractivity contribution is 6.37. The van der Waals surface area contributed by atoms with Gasteiger partial charge in [-0.1, -0.05) is 23.2 Å². The molecule has 2 N–H and O–H groups in total. The number of benzene rings is 2. The number of fused-ring (bicyclic) bond motifs is 1. The highest BCUT2D eigenvalue weighted by atomic mass is 35.5. The number of methoxy groups -OCH3 is 2. The van der Waals surface area contributed by atoms with Crippen LogP contribution in [0.15, 0.2) is 30.5 Å². The highest BCUT2D eigenvalue weighted by Crippen LogP contribution is 2.40. The third kappa shape index (κ3) is 6.07. The topological polar surface area (TPSA) is 120 Å². The molecule has 1 amide bonds. The van der Waals surface area contributed by atoms with Crippen molar-refractivity contribution in [1.82, 2.24) is 14.8 Å². The predicted octanol–water partition coefficient (Wildman–Crippen LogP) is 5.24. The molecule has 0 spiro atoms. The molecule has 0 unspecified atom stereocenters. The monoisotopic (exact) mass is 559 g/mol. The SMILES string of the molecule is COc1cc(Nc2c(C#N)cnc3cc(OCCCN4CCN(C(=O)O)CC4)c(OC)cc23)c(Cl)cc1Cl. The van der Waals surface area contributed by atoms with Gasteiger partial charge in [-0.25, -0.2) is 4.79 Å². The Morgan fingerprint density at radius 2 is 1.82 bits per heavy atom. The fourth-order valence-electron chi connectivity index (χ4n) is 4.24. The summed E-state index contributed by atoms with van der Waals surface area (Å²) < 4.78 is 16.9. The smallest absolute Gasteiger partial charge is 0.407 e. The minimum absolute atomic E-state index is 0.321. The lowest BCUT2D eigenvalue weighted by Crippen LogP contribution is -2.48. The number of carbonyl (C=O) groups is 1. The number of aromatic nitrogens is 1. The molecule has 0 aliphatic carbocycles. The van der Waals surface area contributed by atoms with Crippen molar-refractivity contribution in [2.75, 3.05) is 58.9 Å². The Bertz CT molecular complexity index is 1370. The summed E-state index contributed by atoms with van der Waals surface area (Å²) in [6.07, 6.45) is 1.37. The largest absolute Gasteiger partial charge is 0.495 e. The molecule has 1 fully saturated rings. The van der Waals surface area contributed by atoms with Crippen LogP contribution in [0.5, 0.6) is 17.2 Å². The third-order valence-electron chi connectivity index (χ3n) is 6.29. The summed E-state index contributed by atoms with van der Waals surface area (Å²) >= 11 is 12.6. The van der Waals surface area contributed by atoms with Crippen LogP contribution in [0.3, 0.4) is 0 Å². The molecule has 4 rings (SSSR count). The molecule has 0 atom stereocenters. The Hall–Kier alpha value is -3.65. The molecule has 1 aromatic heterocycles. The molecule has 1 aliphatic rings. The van der Waals surface area contributed by atoms with Crippen molar-refractivity contribution >= 4 is 51.6 Å². The highest BCUT2D eigenvalue weighted by Gasteiger charge is 2.20. The van der Waals surface area contributed by atoms with E-state index in [9.17, 15) is 10.1 Å². The molecule has 3 aromatic rings. The van der Waals surface area contributed by atoms with Gasteiger partial charge in [-0.15, -0.1) is 0 Å². The summed E-state index contributed by atoms with van der Waals surface area (Å²) in [6, 6.07) is 8.94. The molecule has 200 valence electrons. The summed E-state index contributed by atoms with van der Waals surface area (Å²) in [7, 11) is 3.05. The van der Waals surface area contributed by atoms with E-state index >= 15 is 0 Å². The van der Waals surface area contributed by atoms with Gasteiger partial charge < -0.3 is 29.5 Å². The fourth-order valence-corrected chi connectivity index (χ4v) is 4.75. The number of nitrogens with one attached hydrogen (secondary N) is 1. The number of halogens is 2. The fraction of sp³-hybridized carbons (Fsp3) is 0.346. The Labute approximate surface area is 230 Å². The van der Waals surface area contributed by atoms with Gasteiger partial charge in [-0.05, 0) is 18.6 Å². The van der Waals surface area contributed by atoms with E-state index in [4.69, 9.17) is 42.5 Å². The molecule has 2 aromatic carbocycles. The summed E-state index contributed by atoms with van der Waals surface area (Å²) in [6.45, 7) is 3.67. The van der Waals surface area contributed by atoms with Crippen molar-refractivity contribution in [3.05, 3.63) is 46.1 Å². The van der Waals surface area contributed by atoms with Crippen molar-refractivity contribution in [1.29, 1.82) is 5.26 Å². The number of nitrogens with zero attached hydrogens (tertiary/aromatic N) is 4. The van der Waals surface area contributed by atoms with Crippen LogP contribution in [0.25, 0.3) is 10.9 Å². The first-order valence-corrected chi connectivity index (χ1v) is 12.6. The van der Waals surface area contributed by atoms with E-state index in [1.165, 1.54) is 18.2 Å². The molecule has 1 saturated heterocycles. The molecule has 1 aliphatic heterocycles. The second-order valence-corrected chi connectivity index (χ2v) is 9.40. The molecule has 0 radical (unpaired) electrons. The number of piperazine rings is 1. The minimum Gasteiger partial charge on any atom is -0.495 e. The lowest BCUT2D eigenvalue weighted by molar-refractivity contribution is 0.103. The van der Waals surface area contributed by atoms with Gasteiger partial charge in [0, 0.05) is 56.4 Å². The first kappa shape index (κ1) is 27.4. The van der Waals surface area contributed by atoms with Crippen LogP contribution in [-0.2, 0) is 0 Å². The van der Waals surface area contributed by atoms with E-state index in [0.29, 0.717) is 87.9 Å². The zero-order chi connectivity index (χ0) is 27.2. The lowest BCUT2D eigenvalue weighted by atomic mass is 10.1. The normalized spacial score (nSPS) is 13.7. The molecule has 0 bridgehead atoms. The Kier molecular flexibility index (Phi) is 8.84. The molecular formula is C26H27Cl2N5O5. The number of anilines is 2. The number of ether oxygens (including phenoxy) is 3. The van der Waals surface area contributed by atoms with Crippen molar-refractivity contribution in [3.8, 4) is 23.3 Å². The maximum Gasteiger partial charge on any atom is 0.407 e. The van der Waals surface area contributed by atoms with Crippen molar-refractivity contribution in [2.45, 2.75) is 6.42 Å². The zero-order valence-electron chi connectivity index (χ0n) is 21.0. The van der Waals surface area contributed by atoms with Crippen LogP contribution in [0.2, 0.25) is 10.0 Å². The van der Waals surface area contributed by atoms with Crippen LogP contribution in [0.1, 0.15) is 12.0 Å². The van der Waals surface area contributed by atoms with Gasteiger partial charge >= 0.3 is 6.09 Å². The minimum atomic E-state index is -0.874. The van der Waals surface area contributed by atoms with Crippen molar-refractivity contribution < 1.29 is 24.1 Å². The Morgan fingerprint density at radius 1 is 1.08 bits per heavy atom. The first-order valence-electron chi connectivity index (χ1n) is 11.9. The van der Waals surface area contributed by atoms with Gasteiger partial charge in [-0.3, -0.25) is 9.88 Å². The standard InChI is InChI=1S/C26H27Cl2N5O5/c1-36-22-13-21(18(27)11-19(22)28)31-25-16(14-29)15-30-20-12-24(23(37-2)10-17(20)25)38-9-3-4-32-5-7-33(8-6-32)26(34)35/h10-13,15H,3-9H2,1-2H3,(H,30,31)(H,34,35). The average Bonchev–Trinajstić information content (AvgIpc) is 2.92. The Morgan fingerprint density at radius 3 is 2.47 bits per heavy atom. The first-order chi connectivity index (χ1) is 18.3. The number of hydrogen-bond acceptors (Lipinski definition) is 8. The molecule has 12 heteroatoms. The van der Waals surface area contributed by atoms with Crippen molar-refractivity contribution in [3.63, 3.8) is 0 Å². The number of rotatable bonds is 9. The lowest BCUT2D eigenvalue weighted by Gasteiger charge is -2.32. The Balaban J connectivity index is 1.52. The number of carboxylic acid groups (broad SMARTS) is 1. The summed E-state index contributed by atoms with van der Waals surface area (Å²) in [5, 5.41) is 23.4. The second-order valence-electron chi connectivity index (χ2n) is 8.58. The van der Waals surface area contributed by atoms with Crippen LogP contribution >= 0.6 is 23.2 Å². The van der Waals surface area contributed by atoms with E-state index in [0.717, 1.165) is 13.0 Å². The van der Waals surface area contributed by atoms with E-state index in [2.05, 4.69) is 21.3 Å². The number of pyridine rings is 1. The second kappa shape index (κ2) is 12.3. The molecule has 10 nitrogen and oxygen atoms in total.